The first kappa shape index (κ1) is 36.4. The number of halogens is 1. The van der Waals surface area contributed by atoms with Gasteiger partial charge in [0.15, 0.2) is 5.78 Å². The molecule has 2 bridgehead atoms. The summed E-state index contributed by atoms with van der Waals surface area (Å²) in [6, 6.07) is 12.7. The molecule has 0 radical (unpaired) electrons. The van der Waals surface area contributed by atoms with Gasteiger partial charge in [-0.15, -0.1) is 0 Å². The topological polar surface area (TPSA) is 128 Å². The van der Waals surface area contributed by atoms with Crippen LogP contribution < -0.4 is 9.64 Å². The summed E-state index contributed by atoms with van der Waals surface area (Å²) in [4.78, 5) is 41.6. The van der Waals surface area contributed by atoms with Gasteiger partial charge in [0, 0.05) is 60.8 Å². The summed E-state index contributed by atoms with van der Waals surface area (Å²) in [6.45, 7) is 3.86. The number of benzene rings is 2. The summed E-state index contributed by atoms with van der Waals surface area (Å²) in [5, 5.41) is 10.2. The Morgan fingerprint density at radius 3 is 2.73 bits per heavy atom. The van der Waals surface area contributed by atoms with Crippen LogP contribution in [-0.4, -0.2) is 76.0 Å². The van der Waals surface area contributed by atoms with E-state index in [0.717, 1.165) is 49.4 Å². The number of aromatic carboxylic acids is 1. The Kier molecular flexibility index (Phi) is 10.1. The Morgan fingerprint density at radius 1 is 1.17 bits per heavy atom. The highest BCUT2D eigenvalue weighted by atomic mass is 35.5. The normalized spacial score (nSPS) is 29.5. The van der Waals surface area contributed by atoms with Crippen molar-refractivity contribution in [2.75, 3.05) is 43.2 Å². The molecule has 7 rings (SSSR count). The molecule has 2 aliphatic heterocycles. The third kappa shape index (κ3) is 7.19. The quantitative estimate of drug-likeness (QED) is 0.219. The lowest BCUT2D eigenvalue weighted by Crippen LogP contribution is -2.49. The number of aromatic nitrogens is 1. The number of anilines is 1. The summed E-state index contributed by atoms with van der Waals surface area (Å²) < 4.78 is 33.0. The van der Waals surface area contributed by atoms with E-state index < -0.39 is 33.1 Å². The fraction of sp³-hybridized carbons (Fsp3) is 0.475. The average molecular weight is 748 g/mol. The van der Waals surface area contributed by atoms with Crippen molar-refractivity contribution in [3.05, 3.63) is 93.8 Å². The van der Waals surface area contributed by atoms with Gasteiger partial charge in [-0.2, -0.15) is 4.36 Å². The van der Waals surface area contributed by atoms with Gasteiger partial charge in [0.05, 0.1) is 33.9 Å². The number of ether oxygens (including phenoxy) is 2. The van der Waals surface area contributed by atoms with Gasteiger partial charge in [-0.1, -0.05) is 36.7 Å². The highest BCUT2D eigenvalue weighted by molar-refractivity contribution is 7.94. The van der Waals surface area contributed by atoms with Crippen LogP contribution in [-0.2, 0) is 33.3 Å². The first-order valence-corrected chi connectivity index (χ1v) is 20.3. The molecule has 2 aromatic carbocycles. The van der Waals surface area contributed by atoms with Crippen molar-refractivity contribution in [3.63, 3.8) is 0 Å². The van der Waals surface area contributed by atoms with E-state index in [-0.39, 0.29) is 40.0 Å². The molecule has 1 saturated carbocycles. The van der Waals surface area contributed by atoms with Crippen LogP contribution >= 0.6 is 11.6 Å². The second-order valence-corrected chi connectivity index (χ2v) is 18.0. The number of allylic oxidation sites excluding steroid dienone is 1. The number of methoxy groups -OCH3 is 1. The lowest BCUT2D eigenvalue weighted by atomic mass is 9.68. The predicted octanol–water partition coefficient (Wildman–Crippen LogP) is 6.98. The molecule has 1 spiro atoms. The fourth-order valence-electron chi connectivity index (χ4n) is 8.69. The Balaban J connectivity index is 1.30. The number of aryl methyl sites for hydroxylation is 2. The van der Waals surface area contributed by atoms with E-state index in [1.165, 1.54) is 35.0 Å². The van der Waals surface area contributed by atoms with Crippen LogP contribution in [0.1, 0.15) is 81.4 Å². The lowest BCUT2D eigenvalue weighted by molar-refractivity contribution is 0.0131. The number of nitrogens with zero attached hydrogens (tertiary/aromatic N) is 3. The van der Waals surface area contributed by atoms with Crippen molar-refractivity contribution >= 4 is 44.7 Å². The van der Waals surface area contributed by atoms with Crippen molar-refractivity contribution < 1.29 is 33.2 Å². The summed E-state index contributed by atoms with van der Waals surface area (Å²) in [5.41, 5.74) is 3.33. The largest absolute Gasteiger partial charge is 0.490 e. The maximum Gasteiger partial charge on any atom is 0.352 e. The third-order valence-corrected chi connectivity index (χ3v) is 14.0. The van der Waals surface area contributed by atoms with Gasteiger partial charge in [0.25, 0.3) is 5.91 Å². The molecule has 2 aliphatic carbocycles. The molecule has 6 atom stereocenters. The van der Waals surface area contributed by atoms with Gasteiger partial charge < -0.3 is 24.0 Å². The number of ketones is 1. The first-order valence-electron chi connectivity index (χ1n) is 18.1. The van der Waals surface area contributed by atoms with Crippen LogP contribution in [0.15, 0.2) is 65.2 Å². The molecule has 1 N–H and O–H groups in total. The Hall–Kier alpha value is -3.93. The van der Waals surface area contributed by atoms with E-state index >= 15 is 0 Å². The number of carbonyl (C=O) groups excluding carboxylic acids is 2. The minimum absolute atomic E-state index is 0.0171. The summed E-state index contributed by atoms with van der Waals surface area (Å²) in [5.74, 6) is -1.67. The van der Waals surface area contributed by atoms with Crippen LogP contribution in [0.3, 0.4) is 0 Å². The highest BCUT2D eigenvalue weighted by Gasteiger charge is 2.44. The number of carboxylic acid groups (broad SMARTS) is 1. The molecule has 276 valence electrons. The molecule has 52 heavy (non-hydrogen) atoms. The van der Waals surface area contributed by atoms with E-state index in [1.807, 2.05) is 19.1 Å². The van der Waals surface area contributed by atoms with Crippen LogP contribution in [0.2, 0.25) is 5.02 Å². The van der Waals surface area contributed by atoms with Gasteiger partial charge >= 0.3 is 5.97 Å². The fourth-order valence-corrected chi connectivity index (χ4v) is 11.1. The third-order valence-electron chi connectivity index (χ3n) is 11.5. The number of carbonyl (C=O) groups is 3. The van der Waals surface area contributed by atoms with Crippen LogP contribution in [0, 0.1) is 17.8 Å². The predicted molar refractivity (Wildman–Crippen MR) is 201 cm³/mol. The number of hydrogen-bond acceptors (Lipinski definition) is 7. The maximum atomic E-state index is 14.6. The Bertz CT molecular complexity index is 2070. The standard InChI is InChI=1S/C40H46ClN3O7S/c1-25-6-4-8-36(50-3)31-12-9-28(31)20-44-23-40(15-5-7-26-16-30(41)11-13-32(26)40)24-51-37-14-10-27(17-33(37)44)38(46)42-52(49,21-25)22-35(45)29-18-34(39(47)48)43(2)19-29/h4,8,10-11,13-14,16-19,25,28,31,36H,5-7,9,12,15,20-24H2,1-3H3,(H,47,48)/b8-4+/t25-,28-,31+,36-,40-,52+/m0/s1. The zero-order chi connectivity index (χ0) is 36.8. The van der Waals surface area contributed by atoms with E-state index in [4.69, 9.17) is 21.1 Å². The molecule has 12 heteroatoms. The van der Waals surface area contributed by atoms with Gasteiger partial charge in [-0.3, -0.25) is 9.59 Å². The number of rotatable bonds is 5. The molecule has 0 saturated heterocycles. The number of hydrogen-bond donors (Lipinski definition) is 1. The molecular weight excluding hydrogens is 702 g/mol. The maximum absolute atomic E-state index is 14.6. The molecule has 3 heterocycles. The molecule has 10 nitrogen and oxygen atoms in total. The zero-order valence-electron chi connectivity index (χ0n) is 29.9. The second kappa shape index (κ2) is 14.5. The van der Waals surface area contributed by atoms with E-state index in [0.29, 0.717) is 37.2 Å². The van der Waals surface area contributed by atoms with Gasteiger partial charge in [-0.05, 0) is 104 Å². The number of Topliss-reactive ketones (excluding diaryl/α,β-unsaturated/α-hetero) is 1. The van der Waals surface area contributed by atoms with E-state index in [2.05, 4.69) is 33.5 Å². The van der Waals surface area contributed by atoms with Crippen LogP contribution in [0.25, 0.3) is 0 Å². The number of amides is 1. The average Bonchev–Trinajstić information content (AvgIpc) is 3.42. The van der Waals surface area contributed by atoms with Crippen molar-refractivity contribution in [2.45, 2.75) is 57.0 Å². The highest BCUT2D eigenvalue weighted by Crippen LogP contribution is 2.47. The van der Waals surface area contributed by atoms with Crippen LogP contribution in [0.4, 0.5) is 5.69 Å². The second-order valence-electron chi connectivity index (χ2n) is 15.2. The number of fused-ring (bicyclic) bond motifs is 4. The smallest absolute Gasteiger partial charge is 0.352 e. The summed E-state index contributed by atoms with van der Waals surface area (Å²) >= 11 is 6.45. The van der Waals surface area contributed by atoms with Crippen molar-refractivity contribution in [1.82, 2.24) is 4.57 Å². The van der Waals surface area contributed by atoms with Gasteiger partial charge in [-0.25, -0.2) is 9.00 Å². The minimum atomic E-state index is -3.42. The van der Waals surface area contributed by atoms with Crippen molar-refractivity contribution in [3.8, 4) is 5.75 Å². The Morgan fingerprint density at radius 2 is 2.00 bits per heavy atom. The number of carboxylic acids is 1. The van der Waals surface area contributed by atoms with Crippen LogP contribution in [0.5, 0.6) is 5.75 Å². The molecule has 1 aromatic heterocycles. The first-order chi connectivity index (χ1) is 24.9. The lowest BCUT2D eigenvalue weighted by Gasteiger charge is -2.46. The van der Waals surface area contributed by atoms with Crippen molar-refractivity contribution in [1.29, 1.82) is 0 Å². The molecular formula is C40H46ClN3O7S. The zero-order valence-corrected chi connectivity index (χ0v) is 31.5. The Labute approximate surface area is 310 Å². The summed E-state index contributed by atoms with van der Waals surface area (Å²) in [6.07, 6.45) is 11.1. The molecule has 4 aliphatic rings. The molecule has 0 unspecified atom stereocenters. The van der Waals surface area contributed by atoms with E-state index in [1.54, 1.807) is 19.2 Å². The molecule has 1 fully saturated rings. The van der Waals surface area contributed by atoms with Gasteiger partial charge in [0.1, 0.15) is 11.4 Å². The molecule has 1 amide bonds. The SMILES string of the molecule is CO[C@H]1/C=C/C[C@H](C)C[S@@](=O)(CC(=O)c2cc(C(=O)O)n(C)c2)=NC(=O)c2ccc3c(c2)N(C[C@@H]2CC[C@H]21)C[C@@]1(CCCc2cc(Cl)ccc21)CO3. The minimum Gasteiger partial charge on any atom is -0.490 e. The monoisotopic (exact) mass is 747 g/mol. The van der Waals surface area contributed by atoms with Gasteiger partial charge in [0.2, 0.25) is 0 Å². The van der Waals surface area contributed by atoms with Crippen molar-refractivity contribution in [2.24, 2.45) is 29.2 Å². The summed E-state index contributed by atoms with van der Waals surface area (Å²) in [7, 11) is -0.140. The van der Waals surface area contributed by atoms with E-state index in [9.17, 15) is 23.7 Å². The molecule has 3 aromatic rings.